The number of halogens is 9. The molecule has 7 N–H and O–H groups in total. The van der Waals surface area contributed by atoms with Gasteiger partial charge in [-0.2, -0.15) is 26.3 Å². The lowest BCUT2D eigenvalue weighted by molar-refractivity contribution is -0.278. The van der Waals surface area contributed by atoms with Crippen molar-refractivity contribution in [3.63, 3.8) is 0 Å². The van der Waals surface area contributed by atoms with E-state index >= 15 is 0 Å². The fourth-order valence-electron chi connectivity index (χ4n) is 7.99. The number of nitrogens with zero attached hydrogens (tertiary/aromatic N) is 4. The van der Waals surface area contributed by atoms with Gasteiger partial charge in [-0.05, 0) is 41.5 Å². The zero-order valence-electron chi connectivity index (χ0n) is 40.3. The Bertz CT molecular complexity index is 2380. The molecule has 2 fully saturated rings. The third-order valence-electron chi connectivity index (χ3n) is 12.3. The summed E-state index contributed by atoms with van der Waals surface area (Å²) < 4.78 is 157. The van der Waals surface area contributed by atoms with Gasteiger partial charge in [-0.25, -0.2) is 22.6 Å². The summed E-state index contributed by atoms with van der Waals surface area (Å²) in [6.07, 6.45) is -28.0. The van der Waals surface area contributed by atoms with Crippen LogP contribution in [0.25, 0.3) is 0 Å². The van der Waals surface area contributed by atoms with Gasteiger partial charge in [-0.1, -0.05) is 69.3 Å². The molecule has 4 heterocycles. The van der Waals surface area contributed by atoms with E-state index < -0.39 is 166 Å². The number of aliphatic hydroxyl groups is 7. The molecule has 2 aromatic carbocycles. The molecule has 414 valence electrons. The molecular formula is C47H59F9N4O14. The Hall–Kier alpha value is -5.26. The van der Waals surface area contributed by atoms with Crippen molar-refractivity contribution in [2.75, 3.05) is 40.3 Å². The molecule has 18 nitrogen and oxygen atoms in total. The first kappa shape index (κ1) is 59.6. The number of ether oxygens (including phenoxy) is 6. The van der Waals surface area contributed by atoms with Gasteiger partial charge in [0, 0.05) is 12.8 Å². The SMILES string of the molecule is CCc1ccc(Cc2c(OC3OC(CO)C(O)C(O)C3O)nn(C(CF)CF)c2C(F)(F)F)cc1.CCc1ccc(Cc2c(OC3OC(COC(=O)OC)C(O)C(O)C3O)nn(C(CC)CF)c2C(F)(F)F)cc1. The van der Waals surface area contributed by atoms with Crippen molar-refractivity contribution in [1.29, 1.82) is 0 Å². The number of carbonyl (C=O) groups is 1. The van der Waals surface area contributed by atoms with Gasteiger partial charge < -0.3 is 64.2 Å². The number of aliphatic hydroxyl groups excluding tert-OH is 7. The Kier molecular flexibility index (Phi) is 20.9. The van der Waals surface area contributed by atoms with Crippen molar-refractivity contribution >= 4 is 6.16 Å². The summed E-state index contributed by atoms with van der Waals surface area (Å²) in [7, 11) is 1.04. The first-order valence-electron chi connectivity index (χ1n) is 23.2. The number of rotatable bonds is 19. The second-order valence-electron chi connectivity index (χ2n) is 17.2. The minimum Gasteiger partial charge on any atom is -0.443 e. The van der Waals surface area contributed by atoms with Gasteiger partial charge in [-0.15, -0.1) is 10.2 Å². The summed E-state index contributed by atoms with van der Waals surface area (Å²) in [5.41, 5.74) is -0.841. The highest BCUT2D eigenvalue weighted by Gasteiger charge is 2.49. The largest absolute Gasteiger partial charge is 0.508 e. The molecule has 2 aliphatic rings. The molecule has 0 radical (unpaired) electrons. The van der Waals surface area contributed by atoms with Crippen LogP contribution in [0.4, 0.5) is 44.3 Å². The zero-order valence-corrected chi connectivity index (χ0v) is 40.3. The van der Waals surface area contributed by atoms with E-state index in [0.717, 1.165) is 24.7 Å². The van der Waals surface area contributed by atoms with Gasteiger partial charge in [0.25, 0.3) is 0 Å². The molecular weight excluding hydrogens is 1020 g/mol. The Labute approximate surface area is 417 Å². The number of hydrogen-bond donors (Lipinski definition) is 7. The number of aryl methyl sites for hydroxylation is 2. The molecule has 4 aromatic rings. The number of alkyl halides is 9. The van der Waals surface area contributed by atoms with E-state index in [2.05, 4.69) is 14.9 Å². The van der Waals surface area contributed by atoms with Crippen LogP contribution in [0, 0.1) is 0 Å². The molecule has 2 saturated heterocycles. The van der Waals surface area contributed by atoms with E-state index in [-0.39, 0.29) is 17.5 Å². The molecule has 2 aromatic heterocycles. The Morgan fingerprint density at radius 2 is 0.986 bits per heavy atom. The quantitative estimate of drug-likeness (QED) is 0.0499. The number of methoxy groups -OCH3 is 1. The van der Waals surface area contributed by atoms with Gasteiger partial charge >= 0.3 is 18.5 Å². The van der Waals surface area contributed by atoms with Crippen LogP contribution in [0.15, 0.2) is 48.5 Å². The van der Waals surface area contributed by atoms with Crippen LogP contribution in [0.3, 0.4) is 0 Å². The van der Waals surface area contributed by atoms with Gasteiger partial charge in [0.2, 0.25) is 24.3 Å². The summed E-state index contributed by atoms with van der Waals surface area (Å²) in [5.74, 6) is -1.33. The van der Waals surface area contributed by atoms with Gasteiger partial charge in [0.05, 0.1) is 30.9 Å². The van der Waals surface area contributed by atoms with Crippen molar-refractivity contribution in [2.24, 2.45) is 0 Å². The number of carbonyl (C=O) groups excluding carboxylic acids is 1. The van der Waals surface area contributed by atoms with Gasteiger partial charge in [-0.3, -0.25) is 4.68 Å². The fraction of sp³-hybridized carbons (Fsp3) is 0.596. The molecule has 2 aliphatic heterocycles. The third kappa shape index (κ3) is 14.0. The predicted octanol–water partition coefficient (Wildman–Crippen LogP) is 4.66. The van der Waals surface area contributed by atoms with Crippen LogP contribution >= 0.6 is 0 Å². The first-order valence-corrected chi connectivity index (χ1v) is 23.2. The van der Waals surface area contributed by atoms with Crippen molar-refractivity contribution in [3.8, 4) is 11.8 Å². The smallest absolute Gasteiger partial charge is 0.443 e. The number of benzene rings is 2. The Morgan fingerprint density at radius 1 is 0.608 bits per heavy atom. The summed E-state index contributed by atoms with van der Waals surface area (Å²) in [6, 6.07) is 10.3. The highest BCUT2D eigenvalue weighted by Crippen LogP contribution is 2.42. The maximum atomic E-state index is 14.4. The second-order valence-corrected chi connectivity index (χ2v) is 17.2. The van der Waals surface area contributed by atoms with Crippen LogP contribution in [0.5, 0.6) is 11.8 Å². The molecule has 11 atom stereocenters. The van der Waals surface area contributed by atoms with Crippen molar-refractivity contribution < 1.29 is 108 Å². The van der Waals surface area contributed by atoms with Crippen LogP contribution in [-0.2, 0) is 57.0 Å². The zero-order chi connectivity index (χ0) is 54.8. The Balaban J connectivity index is 0.000000276. The predicted molar refractivity (Wildman–Crippen MR) is 238 cm³/mol. The molecule has 6 rings (SSSR count). The van der Waals surface area contributed by atoms with E-state index in [1.165, 1.54) is 6.92 Å². The summed E-state index contributed by atoms with van der Waals surface area (Å²) in [5, 5.41) is 78.1. The molecule has 11 unspecified atom stereocenters. The van der Waals surface area contributed by atoms with E-state index in [1.807, 2.05) is 13.8 Å². The topological polar surface area (TPSA) is 250 Å². The van der Waals surface area contributed by atoms with Crippen molar-refractivity contribution in [1.82, 2.24) is 19.6 Å². The van der Waals surface area contributed by atoms with Gasteiger partial charge in [0.1, 0.15) is 87.2 Å². The highest BCUT2D eigenvalue weighted by molar-refractivity contribution is 5.59. The average molecular weight is 1070 g/mol. The second kappa shape index (κ2) is 26.0. The van der Waals surface area contributed by atoms with E-state index in [0.29, 0.717) is 22.2 Å². The van der Waals surface area contributed by atoms with E-state index in [4.69, 9.17) is 23.7 Å². The minimum atomic E-state index is -5.08. The fourth-order valence-corrected chi connectivity index (χ4v) is 7.99. The minimum absolute atomic E-state index is 0.00820. The maximum Gasteiger partial charge on any atom is 0.508 e. The summed E-state index contributed by atoms with van der Waals surface area (Å²) in [4.78, 5) is 11.3. The Morgan fingerprint density at radius 3 is 1.34 bits per heavy atom. The molecule has 74 heavy (non-hydrogen) atoms. The lowest BCUT2D eigenvalue weighted by Gasteiger charge is -2.39. The third-order valence-corrected chi connectivity index (χ3v) is 12.3. The summed E-state index contributed by atoms with van der Waals surface area (Å²) in [6.45, 7) is -0.179. The van der Waals surface area contributed by atoms with Crippen LogP contribution < -0.4 is 9.47 Å². The van der Waals surface area contributed by atoms with Crippen molar-refractivity contribution in [2.45, 2.75) is 139 Å². The lowest BCUT2D eigenvalue weighted by atomic mass is 9.99. The highest BCUT2D eigenvalue weighted by atomic mass is 19.4. The number of hydrogen-bond acceptors (Lipinski definition) is 16. The summed E-state index contributed by atoms with van der Waals surface area (Å²) >= 11 is 0. The monoisotopic (exact) mass is 1070 g/mol. The average Bonchev–Trinajstić information content (AvgIpc) is 3.92. The first-order chi connectivity index (χ1) is 35.0. The molecule has 0 aliphatic carbocycles. The molecule has 0 amide bonds. The van der Waals surface area contributed by atoms with Crippen LogP contribution in [0.2, 0.25) is 0 Å². The normalized spacial score (nSPS) is 24.8. The standard InChI is InChI=1S/C25H32F4N2O8.C22H27F5N2O6/c1-4-13-6-8-14(9-7-13)10-16-21(25(27,28)29)31(15(5-2)11-26)30-22(16)39-23-20(34)19(33)18(32)17(38-23)12-37-24(35)36-3;1-2-11-3-5-12(6-4-11)7-14-19(22(25,26)27)29(13(8-23)9-24)28-20(14)35-21-18(33)17(32)16(31)15(10-30)34-21/h6-9,15,17-20,23,32-34H,4-5,10-12H2,1-3H3;3-6,13,15-18,21,30-33H,2,7-10H2,1H3. The van der Waals surface area contributed by atoms with Crippen molar-refractivity contribution in [3.05, 3.63) is 93.3 Å². The molecule has 0 saturated carbocycles. The van der Waals surface area contributed by atoms with Gasteiger partial charge in [0.15, 0.2) is 5.69 Å². The molecule has 27 heteroatoms. The van der Waals surface area contributed by atoms with E-state index in [1.54, 1.807) is 48.5 Å². The molecule has 0 bridgehead atoms. The van der Waals surface area contributed by atoms with E-state index in [9.17, 15) is 80.1 Å². The van der Waals surface area contributed by atoms with Crippen LogP contribution in [0.1, 0.15) is 84.0 Å². The lowest BCUT2D eigenvalue weighted by Crippen LogP contribution is -2.60. The maximum absolute atomic E-state index is 14.4. The number of aromatic nitrogens is 4. The van der Waals surface area contributed by atoms with Crippen LogP contribution in [-0.4, -0.2) is 163 Å². The molecule has 0 spiro atoms.